The van der Waals surface area contributed by atoms with Crippen molar-refractivity contribution >= 4 is 40.0 Å². The molecule has 0 spiro atoms. The number of thioether (sulfide) groups is 1. The predicted molar refractivity (Wildman–Crippen MR) is 107 cm³/mol. The van der Waals surface area contributed by atoms with Crippen molar-refractivity contribution in [1.29, 1.82) is 0 Å². The zero-order chi connectivity index (χ0) is 19.0. The Morgan fingerprint density at radius 2 is 2.22 bits per heavy atom. The topological polar surface area (TPSA) is 71.5 Å². The standard InChI is InChI=1S/C19H21N3O3S2/c1-11-8-20-19(27-11)21-17(23)16-9-26-10-22(16)18(24)15-7-14(15)12-4-3-5-13(6-12)25-2/h3-6,8,14-16H,7,9-10H2,1-2H3,(H,20,21,23). The number of aryl methyl sites for hydroxylation is 1. The third kappa shape index (κ3) is 3.82. The minimum Gasteiger partial charge on any atom is -0.497 e. The van der Waals surface area contributed by atoms with Crippen molar-refractivity contribution in [2.45, 2.75) is 25.3 Å². The highest BCUT2D eigenvalue weighted by Gasteiger charge is 2.49. The molecule has 1 aromatic carbocycles. The summed E-state index contributed by atoms with van der Waals surface area (Å²) >= 11 is 3.06. The van der Waals surface area contributed by atoms with E-state index in [0.717, 1.165) is 22.6 Å². The van der Waals surface area contributed by atoms with Gasteiger partial charge in [0.05, 0.1) is 13.0 Å². The van der Waals surface area contributed by atoms with Crippen molar-refractivity contribution in [3.8, 4) is 5.75 Å². The average molecular weight is 404 g/mol. The summed E-state index contributed by atoms with van der Waals surface area (Å²) in [6.45, 7) is 1.94. The van der Waals surface area contributed by atoms with Crippen LogP contribution in [0, 0.1) is 12.8 Å². The average Bonchev–Trinajstić information content (AvgIpc) is 3.13. The number of thiazole rings is 1. The lowest BCUT2D eigenvalue weighted by atomic mass is 10.1. The Morgan fingerprint density at radius 3 is 2.96 bits per heavy atom. The number of carbonyl (C=O) groups is 2. The molecule has 2 heterocycles. The molecule has 3 unspecified atom stereocenters. The molecule has 4 rings (SSSR count). The number of benzene rings is 1. The molecule has 0 bridgehead atoms. The van der Waals surface area contributed by atoms with Gasteiger partial charge in [0, 0.05) is 22.7 Å². The summed E-state index contributed by atoms with van der Waals surface area (Å²) in [7, 11) is 1.64. The van der Waals surface area contributed by atoms with E-state index in [4.69, 9.17) is 4.74 Å². The summed E-state index contributed by atoms with van der Waals surface area (Å²) in [4.78, 5) is 32.6. The van der Waals surface area contributed by atoms with Crippen LogP contribution in [0.4, 0.5) is 5.13 Å². The maximum Gasteiger partial charge on any atom is 0.249 e. The summed E-state index contributed by atoms with van der Waals surface area (Å²) < 4.78 is 5.28. The summed E-state index contributed by atoms with van der Waals surface area (Å²) in [5.74, 6) is 2.08. The second-order valence-corrected chi connectivity index (χ2v) is 9.05. The number of rotatable bonds is 5. The molecule has 1 N–H and O–H groups in total. The predicted octanol–water partition coefficient (Wildman–Crippen LogP) is 3.10. The van der Waals surface area contributed by atoms with Gasteiger partial charge in [-0.05, 0) is 37.0 Å². The number of hydrogen-bond acceptors (Lipinski definition) is 6. The number of amides is 2. The van der Waals surface area contributed by atoms with E-state index in [1.165, 1.54) is 11.3 Å². The fourth-order valence-corrected chi connectivity index (χ4v) is 5.23. The molecule has 6 nitrogen and oxygen atoms in total. The van der Waals surface area contributed by atoms with Crippen molar-refractivity contribution in [3.05, 3.63) is 40.9 Å². The Labute approximate surface area is 166 Å². The third-order valence-corrected chi connectivity index (χ3v) is 6.79. The van der Waals surface area contributed by atoms with Crippen LogP contribution in [0.15, 0.2) is 30.5 Å². The van der Waals surface area contributed by atoms with Gasteiger partial charge in [-0.2, -0.15) is 0 Å². The zero-order valence-corrected chi connectivity index (χ0v) is 16.8. The van der Waals surface area contributed by atoms with E-state index >= 15 is 0 Å². The number of anilines is 1. The molecule has 2 aromatic rings. The fourth-order valence-electron chi connectivity index (χ4n) is 3.40. The fraction of sp³-hybridized carbons (Fsp3) is 0.421. The lowest BCUT2D eigenvalue weighted by molar-refractivity contribution is -0.137. The maximum absolute atomic E-state index is 13.0. The highest BCUT2D eigenvalue weighted by molar-refractivity contribution is 7.99. The molecule has 2 fully saturated rings. The molecular weight excluding hydrogens is 382 g/mol. The molecular formula is C19H21N3O3S2. The van der Waals surface area contributed by atoms with E-state index in [-0.39, 0.29) is 23.7 Å². The van der Waals surface area contributed by atoms with E-state index < -0.39 is 6.04 Å². The van der Waals surface area contributed by atoms with Crippen LogP contribution in [-0.2, 0) is 9.59 Å². The maximum atomic E-state index is 13.0. The smallest absolute Gasteiger partial charge is 0.249 e. The summed E-state index contributed by atoms with van der Waals surface area (Å²) in [5.41, 5.74) is 1.12. The number of aromatic nitrogens is 1. The summed E-state index contributed by atoms with van der Waals surface area (Å²) in [6, 6.07) is 7.45. The van der Waals surface area contributed by atoms with E-state index in [1.807, 2.05) is 31.2 Å². The van der Waals surface area contributed by atoms with Gasteiger partial charge < -0.3 is 15.0 Å². The first-order valence-electron chi connectivity index (χ1n) is 8.82. The molecule has 0 radical (unpaired) electrons. The van der Waals surface area contributed by atoms with E-state index in [2.05, 4.69) is 10.3 Å². The Balaban J connectivity index is 1.41. The molecule has 27 heavy (non-hydrogen) atoms. The molecule has 142 valence electrons. The minimum atomic E-state index is -0.432. The van der Waals surface area contributed by atoms with E-state index in [0.29, 0.717) is 16.8 Å². The molecule has 3 atom stereocenters. The number of hydrogen-bond donors (Lipinski definition) is 1. The SMILES string of the molecule is COc1cccc(C2CC2C(=O)N2CSCC2C(=O)Nc2ncc(C)s2)c1. The molecule has 1 aliphatic carbocycles. The largest absolute Gasteiger partial charge is 0.497 e. The molecule has 8 heteroatoms. The Kier molecular flexibility index (Phi) is 5.10. The molecule has 2 aliphatic rings. The van der Waals surface area contributed by atoms with Crippen LogP contribution in [0.2, 0.25) is 0 Å². The van der Waals surface area contributed by atoms with Crippen molar-refractivity contribution in [2.24, 2.45) is 5.92 Å². The minimum absolute atomic E-state index is 0.0480. The molecule has 1 saturated heterocycles. The van der Waals surface area contributed by atoms with Crippen LogP contribution in [0.25, 0.3) is 0 Å². The molecule has 1 aromatic heterocycles. The molecule has 1 aliphatic heterocycles. The summed E-state index contributed by atoms with van der Waals surface area (Å²) in [5, 5.41) is 3.44. The van der Waals surface area contributed by atoms with E-state index in [9.17, 15) is 9.59 Å². The van der Waals surface area contributed by atoms with Crippen LogP contribution in [0.5, 0.6) is 5.75 Å². The number of nitrogens with one attached hydrogen (secondary N) is 1. The van der Waals surface area contributed by atoms with Gasteiger partial charge in [-0.25, -0.2) is 4.98 Å². The number of methoxy groups -OCH3 is 1. The zero-order valence-electron chi connectivity index (χ0n) is 15.2. The summed E-state index contributed by atoms with van der Waals surface area (Å²) in [6.07, 6.45) is 2.56. The van der Waals surface area contributed by atoms with Gasteiger partial charge >= 0.3 is 0 Å². The lowest BCUT2D eigenvalue weighted by Gasteiger charge is -2.23. The van der Waals surface area contributed by atoms with Gasteiger partial charge in [0.15, 0.2) is 5.13 Å². The van der Waals surface area contributed by atoms with Crippen molar-refractivity contribution in [1.82, 2.24) is 9.88 Å². The first kappa shape index (κ1) is 18.3. The monoisotopic (exact) mass is 403 g/mol. The number of carbonyl (C=O) groups excluding carboxylic acids is 2. The van der Waals surface area contributed by atoms with Crippen LogP contribution in [0.1, 0.15) is 22.8 Å². The van der Waals surface area contributed by atoms with Crippen molar-refractivity contribution in [2.75, 3.05) is 24.1 Å². The van der Waals surface area contributed by atoms with Gasteiger partial charge in [0.1, 0.15) is 11.8 Å². The van der Waals surface area contributed by atoms with Crippen molar-refractivity contribution in [3.63, 3.8) is 0 Å². The molecule has 1 saturated carbocycles. The normalized spacial score (nSPS) is 23.9. The van der Waals surface area contributed by atoms with Gasteiger partial charge in [0.25, 0.3) is 0 Å². The van der Waals surface area contributed by atoms with Gasteiger partial charge in [-0.3, -0.25) is 9.59 Å². The highest BCUT2D eigenvalue weighted by atomic mass is 32.2. The quantitative estimate of drug-likeness (QED) is 0.831. The van der Waals surface area contributed by atoms with E-state index in [1.54, 1.807) is 30.0 Å². The lowest BCUT2D eigenvalue weighted by Crippen LogP contribution is -2.45. The van der Waals surface area contributed by atoms with Crippen LogP contribution in [-0.4, -0.2) is 46.5 Å². The first-order valence-corrected chi connectivity index (χ1v) is 10.8. The third-order valence-electron chi connectivity index (χ3n) is 4.95. The van der Waals surface area contributed by atoms with Crippen LogP contribution < -0.4 is 10.1 Å². The van der Waals surface area contributed by atoms with Gasteiger partial charge in [0.2, 0.25) is 11.8 Å². The van der Waals surface area contributed by atoms with Gasteiger partial charge in [-0.15, -0.1) is 23.1 Å². The molecule has 2 amide bonds. The van der Waals surface area contributed by atoms with Crippen LogP contribution >= 0.6 is 23.1 Å². The Hall–Kier alpha value is -2.06. The van der Waals surface area contributed by atoms with Gasteiger partial charge in [-0.1, -0.05) is 12.1 Å². The second kappa shape index (κ2) is 7.52. The Bertz CT molecular complexity index is 869. The highest BCUT2D eigenvalue weighted by Crippen LogP contribution is 2.49. The second-order valence-electron chi connectivity index (χ2n) is 6.81. The van der Waals surface area contributed by atoms with Crippen molar-refractivity contribution < 1.29 is 14.3 Å². The first-order chi connectivity index (χ1) is 13.1. The number of ether oxygens (including phenoxy) is 1. The van der Waals surface area contributed by atoms with Crippen LogP contribution in [0.3, 0.4) is 0 Å². The number of nitrogens with zero attached hydrogens (tertiary/aromatic N) is 2. The Morgan fingerprint density at radius 1 is 1.37 bits per heavy atom.